The van der Waals surface area contributed by atoms with Crippen molar-refractivity contribution in [2.45, 2.75) is 64.6 Å². The molecule has 1 saturated heterocycles. The number of carbonyl (C=O) groups excluding carboxylic acids is 1. The zero-order valence-electron chi connectivity index (χ0n) is 13.0. The average molecular weight is 289 g/mol. The van der Waals surface area contributed by atoms with Crippen LogP contribution in [0, 0.1) is 5.41 Å². The van der Waals surface area contributed by atoms with Crippen LogP contribution in [0.3, 0.4) is 0 Å². The summed E-state index contributed by atoms with van der Waals surface area (Å²) in [4.78, 5) is 12.1. The molecular formula is C14H27NO5. The minimum Gasteiger partial charge on any atom is -0.462 e. The maximum Gasteiger partial charge on any atom is 0.316 e. The molecular weight excluding hydrogens is 262 g/mol. The molecule has 0 aromatic carbocycles. The van der Waals surface area contributed by atoms with Crippen LogP contribution >= 0.6 is 0 Å². The van der Waals surface area contributed by atoms with Gasteiger partial charge in [-0.15, -0.1) is 0 Å². The van der Waals surface area contributed by atoms with Crippen LogP contribution in [0.1, 0.15) is 47.5 Å². The van der Waals surface area contributed by atoms with Crippen molar-refractivity contribution in [2.24, 2.45) is 5.41 Å². The van der Waals surface area contributed by atoms with Crippen molar-refractivity contribution in [3.05, 3.63) is 0 Å². The molecule has 1 heterocycles. The zero-order chi connectivity index (χ0) is 15.8. The molecule has 1 aliphatic heterocycles. The average Bonchev–Trinajstić information content (AvgIpc) is 2.34. The van der Waals surface area contributed by atoms with Crippen molar-refractivity contribution in [3.8, 4) is 0 Å². The third kappa shape index (κ3) is 3.31. The van der Waals surface area contributed by atoms with Crippen LogP contribution in [-0.2, 0) is 9.53 Å². The molecule has 0 saturated carbocycles. The molecule has 6 nitrogen and oxygen atoms in total. The van der Waals surface area contributed by atoms with E-state index in [4.69, 9.17) is 4.74 Å². The van der Waals surface area contributed by atoms with E-state index >= 15 is 0 Å². The Balaban J connectivity index is 2.82. The number of aliphatic hydroxyl groups excluding tert-OH is 2. The largest absolute Gasteiger partial charge is 0.462 e. The lowest BCUT2D eigenvalue weighted by Gasteiger charge is -2.51. The van der Waals surface area contributed by atoms with Gasteiger partial charge in [0.25, 0.3) is 0 Å². The van der Waals surface area contributed by atoms with E-state index in [2.05, 4.69) is 0 Å². The van der Waals surface area contributed by atoms with Gasteiger partial charge in [0.15, 0.2) is 0 Å². The Morgan fingerprint density at radius 3 is 1.95 bits per heavy atom. The van der Waals surface area contributed by atoms with Gasteiger partial charge in [-0.25, -0.2) is 0 Å². The first-order valence-electron chi connectivity index (χ1n) is 6.90. The van der Waals surface area contributed by atoms with Crippen molar-refractivity contribution < 1.29 is 25.0 Å². The van der Waals surface area contributed by atoms with E-state index in [0.29, 0.717) is 12.8 Å². The lowest BCUT2D eigenvalue weighted by Crippen LogP contribution is -2.61. The summed E-state index contributed by atoms with van der Waals surface area (Å²) in [5.74, 6) is -0.606. The highest BCUT2D eigenvalue weighted by atomic mass is 16.6. The van der Waals surface area contributed by atoms with Crippen molar-refractivity contribution in [1.29, 1.82) is 0 Å². The Morgan fingerprint density at radius 2 is 1.60 bits per heavy atom. The van der Waals surface area contributed by atoms with Crippen LogP contribution in [-0.4, -0.2) is 56.8 Å². The number of hydroxylamine groups is 2. The second-order valence-electron chi connectivity index (χ2n) is 7.25. The molecule has 6 heteroatoms. The molecule has 0 bridgehead atoms. The maximum absolute atomic E-state index is 12.1. The molecule has 1 fully saturated rings. The van der Waals surface area contributed by atoms with Crippen molar-refractivity contribution in [3.63, 3.8) is 0 Å². The standard InChI is InChI=1S/C14H27NO5/c1-12(2)6-10(7-13(3,4)15(12)19)20-11(18)14(5,8-16)9-17/h10,16-17,19H,6-9H2,1-5H3. The number of ether oxygens (including phenoxy) is 1. The van der Waals surface area contributed by atoms with E-state index in [1.165, 1.54) is 12.0 Å². The van der Waals surface area contributed by atoms with Crippen LogP contribution in [0.25, 0.3) is 0 Å². The van der Waals surface area contributed by atoms with Gasteiger partial charge < -0.3 is 20.2 Å². The number of esters is 1. The minimum absolute atomic E-state index is 0.353. The van der Waals surface area contributed by atoms with E-state index in [0.717, 1.165) is 0 Å². The van der Waals surface area contributed by atoms with Crippen molar-refractivity contribution in [1.82, 2.24) is 5.06 Å². The second kappa shape index (κ2) is 5.60. The van der Waals surface area contributed by atoms with Crippen LogP contribution in [0.2, 0.25) is 0 Å². The number of hydrogen-bond acceptors (Lipinski definition) is 6. The number of rotatable bonds is 4. The third-order valence-electron chi connectivity index (χ3n) is 4.07. The number of aliphatic hydroxyl groups is 2. The molecule has 1 aliphatic rings. The molecule has 0 atom stereocenters. The summed E-state index contributed by atoms with van der Waals surface area (Å²) in [5.41, 5.74) is -2.31. The predicted molar refractivity (Wildman–Crippen MR) is 73.2 cm³/mol. The highest BCUT2D eigenvalue weighted by molar-refractivity contribution is 5.76. The van der Waals surface area contributed by atoms with Crippen molar-refractivity contribution >= 4 is 5.97 Å². The normalized spacial score (nSPS) is 23.6. The highest BCUT2D eigenvalue weighted by Gasteiger charge is 2.47. The summed E-state index contributed by atoms with van der Waals surface area (Å²) < 4.78 is 5.46. The van der Waals surface area contributed by atoms with E-state index in [-0.39, 0.29) is 6.10 Å². The molecule has 20 heavy (non-hydrogen) atoms. The van der Waals surface area contributed by atoms with Crippen LogP contribution < -0.4 is 0 Å². The van der Waals surface area contributed by atoms with Gasteiger partial charge in [0.05, 0.1) is 13.2 Å². The van der Waals surface area contributed by atoms with Crippen LogP contribution in [0.15, 0.2) is 0 Å². The predicted octanol–water partition coefficient (Wildman–Crippen LogP) is 0.931. The summed E-state index contributed by atoms with van der Waals surface area (Å²) in [7, 11) is 0. The number of hydrogen-bond donors (Lipinski definition) is 3. The maximum atomic E-state index is 12.1. The van der Waals surface area contributed by atoms with E-state index in [1.54, 1.807) is 0 Å². The molecule has 0 aromatic heterocycles. The summed E-state index contributed by atoms with van der Waals surface area (Å²) in [5, 5.41) is 29.9. The van der Waals surface area contributed by atoms with E-state index < -0.39 is 35.7 Å². The lowest BCUT2D eigenvalue weighted by molar-refractivity contribution is -0.260. The lowest BCUT2D eigenvalue weighted by atomic mass is 9.80. The van der Waals surface area contributed by atoms with Gasteiger partial charge in [0, 0.05) is 23.9 Å². The molecule has 0 aromatic rings. The Kier molecular flexibility index (Phi) is 4.86. The first-order chi connectivity index (χ1) is 8.98. The molecule has 3 N–H and O–H groups in total. The van der Waals surface area contributed by atoms with E-state index in [9.17, 15) is 20.2 Å². The Bertz CT molecular complexity index is 345. The molecule has 0 aliphatic carbocycles. The molecule has 118 valence electrons. The number of piperidine rings is 1. The molecule has 0 radical (unpaired) electrons. The van der Waals surface area contributed by atoms with Crippen LogP contribution in [0.4, 0.5) is 0 Å². The summed E-state index contributed by atoms with van der Waals surface area (Å²) in [6.45, 7) is 8.06. The molecule has 1 rings (SSSR count). The summed E-state index contributed by atoms with van der Waals surface area (Å²) in [6, 6.07) is 0. The molecule has 0 spiro atoms. The highest BCUT2D eigenvalue weighted by Crippen LogP contribution is 2.38. The van der Waals surface area contributed by atoms with E-state index in [1.807, 2.05) is 27.7 Å². The number of nitrogens with zero attached hydrogens (tertiary/aromatic N) is 1. The van der Waals surface area contributed by atoms with Gasteiger partial charge in [-0.1, -0.05) is 0 Å². The SMILES string of the molecule is CC(CO)(CO)C(=O)OC1CC(C)(C)N(O)C(C)(C)C1. The Labute approximate surface area is 120 Å². The smallest absolute Gasteiger partial charge is 0.316 e. The third-order valence-corrected chi connectivity index (χ3v) is 4.07. The molecule has 0 amide bonds. The summed E-state index contributed by atoms with van der Waals surface area (Å²) >= 11 is 0. The van der Waals surface area contributed by atoms with Gasteiger partial charge in [-0.3, -0.25) is 4.79 Å². The zero-order valence-corrected chi connectivity index (χ0v) is 13.0. The Hall–Kier alpha value is -0.690. The van der Waals surface area contributed by atoms with Crippen molar-refractivity contribution in [2.75, 3.05) is 13.2 Å². The first-order valence-corrected chi connectivity index (χ1v) is 6.90. The van der Waals surface area contributed by atoms with Gasteiger partial charge in [0.1, 0.15) is 11.5 Å². The first kappa shape index (κ1) is 17.4. The minimum atomic E-state index is -1.29. The van der Waals surface area contributed by atoms with Gasteiger partial charge in [-0.2, -0.15) is 5.06 Å². The fourth-order valence-electron chi connectivity index (χ4n) is 2.73. The van der Waals surface area contributed by atoms with Gasteiger partial charge >= 0.3 is 5.97 Å². The topological polar surface area (TPSA) is 90.2 Å². The number of carbonyl (C=O) groups is 1. The molecule has 0 unspecified atom stereocenters. The van der Waals surface area contributed by atoms with Crippen LogP contribution in [0.5, 0.6) is 0 Å². The van der Waals surface area contributed by atoms with Gasteiger partial charge in [0.2, 0.25) is 0 Å². The fraction of sp³-hybridized carbons (Fsp3) is 0.929. The summed E-state index contributed by atoms with van der Waals surface area (Å²) in [6.07, 6.45) is 0.630. The monoisotopic (exact) mass is 289 g/mol. The van der Waals surface area contributed by atoms with Gasteiger partial charge in [-0.05, 0) is 34.6 Å². The quantitative estimate of drug-likeness (QED) is 0.667. The second-order valence-corrected chi connectivity index (χ2v) is 7.25. The Morgan fingerprint density at radius 1 is 1.20 bits per heavy atom. The fourth-order valence-corrected chi connectivity index (χ4v) is 2.73.